The van der Waals surface area contributed by atoms with Crippen molar-refractivity contribution < 1.29 is 13.2 Å². The zero-order chi connectivity index (χ0) is 22.4. The molecule has 0 aliphatic rings. The quantitative estimate of drug-likeness (QED) is 0.415. The number of nitrogens with zero attached hydrogens (tertiary/aromatic N) is 2. The lowest BCUT2D eigenvalue weighted by Gasteiger charge is -2.11. The Labute approximate surface area is 186 Å². The average molecular weight is 457 g/mol. The van der Waals surface area contributed by atoms with Crippen LogP contribution < -0.4 is 15.0 Å². The van der Waals surface area contributed by atoms with Crippen LogP contribution in [-0.2, 0) is 10.0 Å². The topological polar surface area (TPSA) is 90.9 Å². The number of rotatable bonds is 7. The third kappa shape index (κ3) is 6.07. The normalized spacial score (nSPS) is 11.3. The zero-order valence-corrected chi connectivity index (χ0v) is 18.5. The number of sulfonamides is 1. The maximum atomic E-state index is 12.4. The molecule has 0 radical (unpaired) electrons. The molecule has 0 bridgehead atoms. The summed E-state index contributed by atoms with van der Waals surface area (Å²) in [5.74, 6) is -0.409. The second kappa shape index (κ2) is 9.63. The lowest BCUT2D eigenvalue weighted by molar-refractivity contribution is 0.0955. The fraction of sp³-hybridized carbons (Fsp3) is 0.0909. The summed E-state index contributed by atoms with van der Waals surface area (Å²) < 4.78 is 27.3. The monoisotopic (exact) mass is 456 g/mol. The van der Waals surface area contributed by atoms with Crippen molar-refractivity contribution in [3.63, 3.8) is 0 Å². The molecular formula is C22H21ClN4O3S. The molecule has 0 aliphatic carbocycles. The minimum Gasteiger partial charge on any atom is -0.378 e. The summed E-state index contributed by atoms with van der Waals surface area (Å²) in [5.41, 5.74) is 5.03. The van der Waals surface area contributed by atoms with Crippen LogP contribution in [0.2, 0.25) is 5.02 Å². The summed E-state index contributed by atoms with van der Waals surface area (Å²) >= 11 is 5.79. The SMILES string of the molecule is CN(C)c1ccc(/C=N/NC(=O)c2ccc(NS(=O)(=O)c3ccc(Cl)cc3)cc2)cc1. The van der Waals surface area contributed by atoms with Crippen molar-refractivity contribution in [1.29, 1.82) is 0 Å². The summed E-state index contributed by atoms with van der Waals surface area (Å²) in [6.07, 6.45) is 1.55. The molecule has 0 atom stereocenters. The highest BCUT2D eigenvalue weighted by atomic mass is 35.5. The standard InChI is InChI=1S/C22H21ClN4O3S/c1-27(2)20-11-3-16(4-12-20)15-24-25-22(28)17-5-9-19(10-6-17)26-31(29,30)21-13-7-18(23)8-14-21/h3-15,26H,1-2H3,(H,25,28)/b24-15+. The average Bonchev–Trinajstić information content (AvgIpc) is 2.74. The Morgan fingerprint density at radius 1 is 0.935 bits per heavy atom. The Morgan fingerprint density at radius 2 is 1.55 bits per heavy atom. The summed E-state index contributed by atoms with van der Waals surface area (Å²) in [7, 11) is 0.159. The van der Waals surface area contributed by atoms with Gasteiger partial charge < -0.3 is 4.90 Å². The van der Waals surface area contributed by atoms with Crippen molar-refractivity contribution in [3.05, 3.63) is 88.9 Å². The van der Waals surface area contributed by atoms with Crippen LogP contribution in [0.1, 0.15) is 15.9 Å². The summed E-state index contributed by atoms with van der Waals surface area (Å²) in [4.78, 5) is 14.3. The highest BCUT2D eigenvalue weighted by molar-refractivity contribution is 7.92. The highest BCUT2D eigenvalue weighted by Crippen LogP contribution is 2.19. The molecule has 1 amide bonds. The van der Waals surface area contributed by atoms with Crippen molar-refractivity contribution in [1.82, 2.24) is 5.43 Å². The van der Waals surface area contributed by atoms with Gasteiger partial charge in [0.25, 0.3) is 15.9 Å². The van der Waals surface area contributed by atoms with Gasteiger partial charge in [-0.25, -0.2) is 13.8 Å². The van der Waals surface area contributed by atoms with Crippen LogP contribution in [0.4, 0.5) is 11.4 Å². The number of benzene rings is 3. The molecule has 3 aromatic carbocycles. The first-order chi connectivity index (χ1) is 14.7. The summed E-state index contributed by atoms with van der Waals surface area (Å²) in [5, 5.41) is 4.41. The maximum absolute atomic E-state index is 12.4. The molecule has 0 aromatic heterocycles. The second-order valence-electron chi connectivity index (χ2n) is 6.82. The lowest BCUT2D eigenvalue weighted by atomic mass is 10.2. The third-order valence-electron chi connectivity index (χ3n) is 4.31. The first kappa shape index (κ1) is 22.3. The Kier molecular flexibility index (Phi) is 6.94. The second-order valence-corrected chi connectivity index (χ2v) is 8.94. The van der Waals surface area contributed by atoms with E-state index < -0.39 is 15.9 Å². The number of carbonyl (C=O) groups is 1. The van der Waals surface area contributed by atoms with Crippen molar-refractivity contribution in [3.8, 4) is 0 Å². The summed E-state index contributed by atoms with van der Waals surface area (Å²) in [6.45, 7) is 0. The van der Waals surface area contributed by atoms with E-state index in [-0.39, 0.29) is 4.90 Å². The van der Waals surface area contributed by atoms with Gasteiger partial charge in [0.05, 0.1) is 11.1 Å². The largest absolute Gasteiger partial charge is 0.378 e. The Bertz CT molecular complexity index is 1170. The highest BCUT2D eigenvalue weighted by Gasteiger charge is 2.14. The molecule has 160 valence electrons. The number of hydrogen-bond acceptors (Lipinski definition) is 5. The minimum atomic E-state index is -3.75. The molecule has 0 spiro atoms. The molecule has 2 N–H and O–H groups in total. The molecule has 0 aliphatic heterocycles. The molecule has 3 aromatic rings. The van der Waals surface area contributed by atoms with E-state index in [0.717, 1.165) is 11.3 Å². The molecular weight excluding hydrogens is 436 g/mol. The molecule has 7 nitrogen and oxygen atoms in total. The molecule has 0 saturated heterocycles. The molecule has 0 heterocycles. The van der Waals surface area contributed by atoms with Crippen LogP contribution in [0.5, 0.6) is 0 Å². The van der Waals surface area contributed by atoms with E-state index in [0.29, 0.717) is 16.3 Å². The number of amides is 1. The Hall–Kier alpha value is -3.36. The van der Waals surface area contributed by atoms with E-state index in [1.807, 2.05) is 43.3 Å². The molecule has 9 heteroatoms. The molecule has 0 fully saturated rings. The predicted molar refractivity (Wildman–Crippen MR) is 125 cm³/mol. The van der Waals surface area contributed by atoms with Gasteiger partial charge in [0.1, 0.15) is 0 Å². The van der Waals surface area contributed by atoms with Crippen LogP contribution in [0.15, 0.2) is 82.8 Å². The molecule has 31 heavy (non-hydrogen) atoms. The van der Waals surface area contributed by atoms with E-state index in [9.17, 15) is 13.2 Å². The van der Waals surface area contributed by atoms with E-state index in [2.05, 4.69) is 15.2 Å². The van der Waals surface area contributed by atoms with Gasteiger partial charge in [-0.05, 0) is 66.2 Å². The van der Waals surface area contributed by atoms with Gasteiger partial charge in [0.15, 0.2) is 0 Å². The van der Waals surface area contributed by atoms with Crippen LogP contribution >= 0.6 is 11.6 Å². The van der Waals surface area contributed by atoms with Gasteiger partial charge in [-0.2, -0.15) is 5.10 Å². The summed E-state index contributed by atoms with van der Waals surface area (Å²) in [6, 6.07) is 19.6. The van der Waals surface area contributed by atoms with Gasteiger partial charge in [0, 0.05) is 36.1 Å². The van der Waals surface area contributed by atoms with E-state index in [4.69, 9.17) is 11.6 Å². The molecule has 0 saturated carbocycles. The van der Waals surface area contributed by atoms with Gasteiger partial charge in [0.2, 0.25) is 0 Å². The third-order valence-corrected chi connectivity index (χ3v) is 5.96. The number of hydrogen-bond donors (Lipinski definition) is 2. The Balaban J connectivity index is 1.60. The van der Waals surface area contributed by atoms with E-state index in [1.165, 1.54) is 48.5 Å². The maximum Gasteiger partial charge on any atom is 0.271 e. The van der Waals surface area contributed by atoms with Crippen LogP contribution in [0.3, 0.4) is 0 Å². The van der Waals surface area contributed by atoms with Gasteiger partial charge in [-0.15, -0.1) is 0 Å². The van der Waals surface area contributed by atoms with Gasteiger partial charge >= 0.3 is 0 Å². The van der Waals surface area contributed by atoms with Crippen molar-refractivity contribution >= 4 is 45.1 Å². The van der Waals surface area contributed by atoms with Gasteiger partial charge in [-0.3, -0.25) is 9.52 Å². The molecule has 0 unspecified atom stereocenters. The lowest BCUT2D eigenvalue weighted by Crippen LogP contribution is -2.18. The number of carbonyl (C=O) groups excluding carboxylic acids is 1. The fourth-order valence-electron chi connectivity index (χ4n) is 2.61. The van der Waals surface area contributed by atoms with Crippen LogP contribution in [-0.4, -0.2) is 34.6 Å². The van der Waals surface area contributed by atoms with Crippen molar-refractivity contribution in [2.75, 3.05) is 23.7 Å². The van der Waals surface area contributed by atoms with Crippen molar-refractivity contribution in [2.24, 2.45) is 5.10 Å². The van der Waals surface area contributed by atoms with Gasteiger partial charge in [-0.1, -0.05) is 23.7 Å². The number of nitrogens with one attached hydrogen (secondary N) is 2. The van der Waals surface area contributed by atoms with Crippen LogP contribution in [0, 0.1) is 0 Å². The number of hydrazone groups is 1. The number of halogens is 1. The van der Waals surface area contributed by atoms with E-state index >= 15 is 0 Å². The molecule has 3 rings (SSSR count). The first-order valence-corrected chi connectivity index (χ1v) is 11.1. The first-order valence-electron chi connectivity index (χ1n) is 9.24. The smallest absolute Gasteiger partial charge is 0.271 e. The van der Waals surface area contributed by atoms with Crippen LogP contribution in [0.25, 0.3) is 0 Å². The zero-order valence-electron chi connectivity index (χ0n) is 16.9. The van der Waals surface area contributed by atoms with Crippen molar-refractivity contribution in [2.45, 2.75) is 4.90 Å². The predicted octanol–water partition coefficient (Wildman–Crippen LogP) is 3.97. The number of anilines is 2. The Morgan fingerprint density at radius 3 is 2.13 bits per heavy atom. The van der Waals surface area contributed by atoms with E-state index in [1.54, 1.807) is 6.21 Å². The fourth-order valence-corrected chi connectivity index (χ4v) is 3.79. The minimum absolute atomic E-state index is 0.0895.